The Morgan fingerprint density at radius 1 is 1.59 bits per heavy atom. The van der Waals surface area contributed by atoms with Crippen molar-refractivity contribution >= 4 is 39.6 Å². The van der Waals surface area contributed by atoms with E-state index in [2.05, 4.69) is 11.9 Å². The van der Waals surface area contributed by atoms with Crippen LogP contribution in [0.25, 0.3) is 0 Å². The van der Waals surface area contributed by atoms with Crippen LogP contribution in [0, 0.1) is 5.92 Å². The fourth-order valence-electron chi connectivity index (χ4n) is 1.90. The largest absolute Gasteiger partial charge is 0.396 e. The third kappa shape index (κ3) is 2.60. The van der Waals surface area contributed by atoms with E-state index in [1.165, 1.54) is 24.2 Å². The predicted octanol–water partition coefficient (Wildman–Crippen LogP) is 3.10. The number of thioether (sulfide) groups is 1. The van der Waals surface area contributed by atoms with Gasteiger partial charge in [-0.15, -0.1) is 23.1 Å². The quantitative estimate of drug-likeness (QED) is 0.659. The molecule has 0 bridgehead atoms. The molecule has 3 nitrogen and oxygen atoms in total. The smallest absolute Gasteiger partial charge is 0.171 e. The number of nitrogens with zero attached hydrogens (tertiary/aromatic N) is 1. The number of nitrogen functional groups attached to an aromatic ring is 1. The standard InChI is InChI=1S/C12H18N2OS2/c1-7(15)10-9(13)11(16-3)12(17-10)14(2)6-8-4-5-8/h8H,4-6,13H2,1-3H3. The van der Waals surface area contributed by atoms with E-state index in [0.29, 0.717) is 10.6 Å². The van der Waals surface area contributed by atoms with E-state index in [9.17, 15) is 4.79 Å². The van der Waals surface area contributed by atoms with Crippen LogP contribution in [-0.2, 0) is 0 Å². The Hall–Kier alpha value is -0.680. The molecule has 1 aromatic rings. The van der Waals surface area contributed by atoms with Crippen molar-refractivity contribution in [2.45, 2.75) is 24.7 Å². The molecule has 0 unspecified atom stereocenters. The average Bonchev–Trinajstić information content (AvgIpc) is 3.00. The van der Waals surface area contributed by atoms with Crippen LogP contribution in [0.3, 0.4) is 0 Å². The van der Waals surface area contributed by atoms with Crippen molar-refractivity contribution in [3.63, 3.8) is 0 Å². The summed E-state index contributed by atoms with van der Waals surface area (Å²) in [7, 11) is 2.09. The highest BCUT2D eigenvalue weighted by Crippen LogP contribution is 2.44. The van der Waals surface area contributed by atoms with E-state index < -0.39 is 0 Å². The molecule has 2 rings (SSSR count). The molecule has 17 heavy (non-hydrogen) atoms. The average molecular weight is 270 g/mol. The highest BCUT2D eigenvalue weighted by Gasteiger charge is 2.26. The van der Waals surface area contributed by atoms with Crippen LogP contribution < -0.4 is 10.6 Å². The van der Waals surface area contributed by atoms with Gasteiger partial charge in [0.15, 0.2) is 5.78 Å². The van der Waals surface area contributed by atoms with Gasteiger partial charge in [-0.1, -0.05) is 0 Å². The van der Waals surface area contributed by atoms with Gasteiger partial charge in [-0.25, -0.2) is 0 Å². The molecule has 0 spiro atoms. The van der Waals surface area contributed by atoms with Crippen molar-refractivity contribution in [1.82, 2.24) is 0 Å². The topological polar surface area (TPSA) is 46.3 Å². The summed E-state index contributed by atoms with van der Waals surface area (Å²) in [5.74, 6) is 0.896. The van der Waals surface area contributed by atoms with E-state index in [1.54, 1.807) is 18.7 Å². The molecule has 1 saturated carbocycles. The van der Waals surface area contributed by atoms with Crippen molar-refractivity contribution in [2.75, 3.05) is 30.5 Å². The van der Waals surface area contributed by atoms with Crippen molar-refractivity contribution in [3.05, 3.63) is 4.88 Å². The van der Waals surface area contributed by atoms with Crippen molar-refractivity contribution in [2.24, 2.45) is 5.92 Å². The summed E-state index contributed by atoms with van der Waals surface area (Å²) < 4.78 is 0. The number of anilines is 2. The van der Waals surface area contributed by atoms with Crippen LogP contribution in [0.5, 0.6) is 0 Å². The van der Waals surface area contributed by atoms with Crippen LogP contribution in [-0.4, -0.2) is 25.6 Å². The Labute approximate surface area is 110 Å². The second-order valence-electron chi connectivity index (χ2n) is 4.56. The molecular weight excluding hydrogens is 252 g/mol. The molecule has 1 heterocycles. The maximum absolute atomic E-state index is 11.5. The molecule has 1 fully saturated rings. The van der Waals surface area contributed by atoms with Crippen LogP contribution in [0.15, 0.2) is 4.90 Å². The number of thiophene rings is 1. The SMILES string of the molecule is CSc1c(N(C)CC2CC2)sc(C(C)=O)c1N. The van der Waals surface area contributed by atoms with E-state index >= 15 is 0 Å². The first-order valence-corrected chi connectivity index (χ1v) is 7.77. The zero-order valence-electron chi connectivity index (χ0n) is 10.4. The lowest BCUT2D eigenvalue weighted by Crippen LogP contribution is -2.19. The lowest BCUT2D eigenvalue weighted by atomic mass is 10.3. The van der Waals surface area contributed by atoms with Crippen molar-refractivity contribution in [1.29, 1.82) is 0 Å². The molecule has 1 aromatic heterocycles. The predicted molar refractivity (Wildman–Crippen MR) is 76.5 cm³/mol. The number of hydrogen-bond acceptors (Lipinski definition) is 5. The van der Waals surface area contributed by atoms with Crippen LogP contribution in [0.2, 0.25) is 0 Å². The minimum absolute atomic E-state index is 0.0638. The van der Waals surface area contributed by atoms with E-state index in [1.807, 2.05) is 6.26 Å². The molecule has 0 atom stereocenters. The van der Waals surface area contributed by atoms with Gasteiger partial charge >= 0.3 is 0 Å². The Bertz CT molecular complexity index is 438. The fraction of sp³-hybridized carbons (Fsp3) is 0.583. The molecule has 2 N–H and O–H groups in total. The molecule has 0 aliphatic heterocycles. The molecule has 1 aliphatic rings. The lowest BCUT2D eigenvalue weighted by Gasteiger charge is -2.18. The van der Waals surface area contributed by atoms with Crippen molar-refractivity contribution in [3.8, 4) is 0 Å². The molecule has 5 heteroatoms. The van der Waals surface area contributed by atoms with Crippen LogP contribution >= 0.6 is 23.1 Å². The van der Waals surface area contributed by atoms with Gasteiger partial charge in [-0.05, 0) is 25.0 Å². The minimum Gasteiger partial charge on any atom is -0.396 e. The normalized spacial score (nSPS) is 15.0. The zero-order chi connectivity index (χ0) is 12.6. The van der Waals surface area contributed by atoms with Gasteiger partial charge in [-0.3, -0.25) is 4.79 Å². The van der Waals surface area contributed by atoms with Gasteiger partial charge in [0, 0.05) is 20.5 Å². The van der Waals surface area contributed by atoms with Gasteiger partial charge in [0.05, 0.1) is 15.5 Å². The summed E-state index contributed by atoms with van der Waals surface area (Å²) in [4.78, 5) is 15.5. The second-order valence-corrected chi connectivity index (χ2v) is 6.38. The van der Waals surface area contributed by atoms with Gasteiger partial charge in [-0.2, -0.15) is 0 Å². The Kier molecular flexibility index (Phi) is 3.68. The van der Waals surface area contributed by atoms with Crippen LogP contribution in [0.4, 0.5) is 10.7 Å². The molecular formula is C12H18N2OS2. The summed E-state index contributed by atoms with van der Waals surface area (Å²) in [6, 6.07) is 0. The van der Waals surface area contributed by atoms with E-state index in [4.69, 9.17) is 5.73 Å². The highest BCUT2D eigenvalue weighted by molar-refractivity contribution is 7.99. The monoisotopic (exact) mass is 270 g/mol. The summed E-state index contributed by atoms with van der Waals surface area (Å²) in [5.41, 5.74) is 6.70. The molecule has 0 saturated heterocycles. The van der Waals surface area contributed by atoms with E-state index in [-0.39, 0.29) is 5.78 Å². The summed E-state index contributed by atoms with van der Waals surface area (Å²) >= 11 is 3.15. The zero-order valence-corrected chi connectivity index (χ0v) is 12.1. The van der Waals surface area contributed by atoms with Gasteiger partial charge in [0.2, 0.25) is 0 Å². The molecule has 94 valence electrons. The number of nitrogens with two attached hydrogens (primary N) is 1. The minimum atomic E-state index is 0.0638. The fourth-order valence-corrected chi connectivity index (χ4v) is 3.97. The highest BCUT2D eigenvalue weighted by atomic mass is 32.2. The van der Waals surface area contributed by atoms with E-state index in [0.717, 1.165) is 22.4 Å². The lowest BCUT2D eigenvalue weighted by molar-refractivity contribution is 0.102. The maximum Gasteiger partial charge on any atom is 0.171 e. The molecule has 0 aromatic carbocycles. The van der Waals surface area contributed by atoms with Gasteiger partial charge in [0.25, 0.3) is 0 Å². The number of carbonyl (C=O) groups is 1. The number of ketones is 1. The number of rotatable bonds is 5. The summed E-state index contributed by atoms with van der Waals surface area (Å²) in [5, 5.41) is 1.15. The number of Topliss-reactive ketones (excluding diaryl/α,β-unsaturated/α-hetero) is 1. The van der Waals surface area contributed by atoms with Gasteiger partial charge < -0.3 is 10.6 Å². The number of carbonyl (C=O) groups excluding carboxylic acids is 1. The summed E-state index contributed by atoms with van der Waals surface area (Å²) in [6.45, 7) is 2.65. The molecule has 0 radical (unpaired) electrons. The Morgan fingerprint density at radius 3 is 2.71 bits per heavy atom. The van der Waals surface area contributed by atoms with Crippen molar-refractivity contribution < 1.29 is 4.79 Å². The first-order valence-electron chi connectivity index (χ1n) is 5.73. The summed E-state index contributed by atoms with van der Waals surface area (Å²) in [6.07, 6.45) is 4.68. The molecule has 0 amide bonds. The Morgan fingerprint density at radius 2 is 2.24 bits per heavy atom. The van der Waals surface area contributed by atoms with Crippen LogP contribution in [0.1, 0.15) is 29.4 Å². The first kappa shape index (κ1) is 12.8. The van der Waals surface area contributed by atoms with Gasteiger partial charge in [0.1, 0.15) is 5.00 Å². The second kappa shape index (κ2) is 4.90. The number of hydrogen-bond donors (Lipinski definition) is 1. The first-order chi connectivity index (χ1) is 8.04. The third-order valence-corrected chi connectivity index (χ3v) is 5.35. The molecule has 1 aliphatic carbocycles. The Balaban J connectivity index is 2.30. The third-order valence-electron chi connectivity index (χ3n) is 2.98. The maximum atomic E-state index is 11.5.